The summed E-state index contributed by atoms with van der Waals surface area (Å²) < 4.78 is 30.2. The molecule has 7 nitrogen and oxygen atoms in total. The lowest BCUT2D eigenvalue weighted by Gasteiger charge is -2.30. The van der Waals surface area contributed by atoms with E-state index in [-0.39, 0.29) is 0 Å². The summed E-state index contributed by atoms with van der Waals surface area (Å²) in [6.45, 7) is 2.92. The van der Waals surface area contributed by atoms with Crippen LogP contribution in [0.15, 0.2) is 18.5 Å². The van der Waals surface area contributed by atoms with Gasteiger partial charge in [-0.25, -0.2) is 4.72 Å². The SMILES string of the molecule is NCC1CCN(S(=O)(=O)NCCCn2cccn2)CC1. The number of nitrogens with zero attached hydrogens (tertiary/aromatic N) is 3. The molecule has 1 aromatic rings. The third-order valence-corrected chi connectivity index (χ3v) is 5.27. The maximum atomic E-state index is 12.1. The molecule has 0 unspecified atom stereocenters. The van der Waals surface area contributed by atoms with E-state index in [2.05, 4.69) is 9.82 Å². The van der Waals surface area contributed by atoms with Crippen LogP contribution >= 0.6 is 0 Å². The van der Waals surface area contributed by atoms with Crippen LogP contribution in [0.2, 0.25) is 0 Å². The quantitative estimate of drug-likeness (QED) is 0.681. The zero-order valence-electron chi connectivity index (χ0n) is 11.6. The molecule has 0 spiro atoms. The summed E-state index contributed by atoms with van der Waals surface area (Å²) >= 11 is 0. The Morgan fingerprint density at radius 2 is 2.10 bits per heavy atom. The highest BCUT2D eigenvalue weighted by molar-refractivity contribution is 7.87. The van der Waals surface area contributed by atoms with E-state index < -0.39 is 10.2 Å². The van der Waals surface area contributed by atoms with Crippen LogP contribution in [-0.4, -0.2) is 48.7 Å². The molecule has 1 aliphatic rings. The van der Waals surface area contributed by atoms with E-state index in [1.807, 2.05) is 12.3 Å². The molecule has 0 radical (unpaired) electrons. The van der Waals surface area contributed by atoms with Gasteiger partial charge in [-0.2, -0.15) is 17.8 Å². The molecular formula is C12H23N5O2S. The first kappa shape index (κ1) is 15.4. The minimum absolute atomic E-state index is 0.430. The fourth-order valence-electron chi connectivity index (χ4n) is 2.35. The summed E-state index contributed by atoms with van der Waals surface area (Å²) in [5.74, 6) is 0.460. The molecular weight excluding hydrogens is 278 g/mol. The van der Waals surface area contributed by atoms with E-state index in [9.17, 15) is 8.42 Å². The fraction of sp³-hybridized carbons (Fsp3) is 0.750. The Morgan fingerprint density at radius 1 is 1.35 bits per heavy atom. The molecule has 3 N–H and O–H groups in total. The predicted molar refractivity (Wildman–Crippen MR) is 77.1 cm³/mol. The van der Waals surface area contributed by atoms with Gasteiger partial charge in [0.1, 0.15) is 0 Å². The van der Waals surface area contributed by atoms with Crippen LogP contribution in [0.25, 0.3) is 0 Å². The van der Waals surface area contributed by atoms with Crippen molar-refractivity contribution in [3.8, 4) is 0 Å². The molecule has 1 saturated heterocycles. The van der Waals surface area contributed by atoms with Crippen molar-refractivity contribution in [1.29, 1.82) is 0 Å². The van der Waals surface area contributed by atoms with Gasteiger partial charge in [0, 0.05) is 38.6 Å². The molecule has 0 aliphatic carbocycles. The number of nitrogens with one attached hydrogen (secondary N) is 1. The average molecular weight is 301 g/mol. The van der Waals surface area contributed by atoms with Crippen LogP contribution in [0.4, 0.5) is 0 Å². The van der Waals surface area contributed by atoms with E-state index in [0.717, 1.165) is 19.3 Å². The zero-order valence-corrected chi connectivity index (χ0v) is 12.4. The molecule has 0 aromatic carbocycles. The third-order valence-electron chi connectivity index (χ3n) is 3.65. The average Bonchev–Trinajstić information content (AvgIpc) is 2.97. The highest BCUT2D eigenvalue weighted by Gasteiger charge is 2.26. The molecule has 0 bridgehead atoms. The Bertz CT molecular complexity index is 480. The van der Waals surface area contributed by atoms with Crippen molar-refractivity contribution in [2.45, 2.75) is 25.8 Å². The first-order valence-electron chi connectivity index (χ1n) is 7.04. The van der Waals surface area contributed by atoms with Gasteiger partial charge >= 0.3 is 0 Å². The number of hydrogen-bond acceptors (Lipinski definition) is 4. The first-order chi connectivity index (χ1) is 9.62. The van der Waals surface area contributed by atoms with Crippen molar-refractivity contribution >= 4 is 10.2 Å². The molecule has 0 saturated carbocycles. The van der Waals surface area contributed by atoms with Gasteiger partial charge in [-0.05, 0) is 37.8 Å². The van der Waals surface area contributed by atoms with E-state index in [1.54, 1.807) is 10.9 Å². The van der Waals surface area contributed by atoms with Crippen LogP contribution in [0.3, 0.4) is 0 Å². The van der Waals surface area contributed by atoms with Crippen molar-refractivity contribution in [3.05, 3.63) is 18.5 Å². The lowest BCUT2D eigenvalue weighted by atomic mass is 9.99. The Balaban J connectivity index is 1.71. The topological polar surface area (TPSA) is 93.2 Å². The minimum Gasteiger partial charge on any atom is -0.330 e. The van der Waals surface area contributed by atoms with Gasteiger partial charge in [-0.1, -0.05) is 0 Å². The summed E-state index contributed by atoms with van der Waals surface area (Å²) in [5, 5.41) is 4.07. The smallest absolute Gasteiger partial charge is 0.279 e. The lowest BCUT2D eigenvalue weighted by molar-refractivity contribution is 0.275. The van der Waals surface area contributed by atoms with Crippen molar-refractivity contribution < 1.29 is 8.42 Å². The highest BCUT2D eigenvalue weighted by atomic mass is 32.2. The van der Waals surface area contributed by atoms with Crippen molar-refractivity contribution in [3.63, 3.8) is 0 Å². The highest BCUT2D eigenvalue weighted by Crippen LogP contribution is 2.17. The van der Waals surface area contributed by atoms with E-state index >= 15 is 0 Å². The van der Waals surface area contributed by atoms with Crippen molar-refractivity contribution in [2.24, 2.45) is 11.7 Å². The number of nitrogens with two attached hydrogens (primary N) is 1. The maximum Gasteiger partial charge on any atom is 0.279 e. The molecule has 1 aliphatic heterocycles. The number of aryl methyl sites for hydroxylation is 1. The van der Waals surface area contributed by atoms with Crippen molar-refractivity contribution in [2.75, 3.05) is 26.2 Å². The lowest BCUT2D eigenvalue weighted by Crippen LogP contribution is -2.46. The molecule has 114 valence electrons. The first-order valence-corrected chi connectivity index (χ1v) is 8.48. The van der Waals surface area contributed by atoms with Gasteiger partial charge in [-0.15, -0.1) is 0 Å². The van der Waals surface area contributed by atoms with E-state index in [0.29, 0.717) is 38.6 Å². The van der Waals surface area contributed by atoms with E-state index in [1.165, 1.54) is 4.31 Å². The van der Waals surface area contributed by atoms with Crippen LogP contribution in [0.5, 0.6) is 0 Å². The monoisotopic (exact) mass is 301 g/mol. The second-order valence-corrected chi connectivity index (χ2v) is 6.86. The fourth-order valence-corrected chi connectivity index (χ4v) is 3.63. The molecule has 0 amide bonds. The minimum atomic E-state index is -3.34. The zero-order chi connectivity index (χ0) is 14.4. The molecule has 20 heavy (non-hydrogen) atoms. The number of hydrogen-bond donors (Lipinski definition) is 2. The maximum absolute atomic E-state index is 12.1. The normalized spacial score (nSPS) is 18.4. The van der Waals surface area contributed by atoms with Crippen LogP contribution in [0, 0.1) is 5.92 Å². The number of aromatic nitrogens is 2. The van der Waals surface area contributed by atoms with E-state index in [4.69, 9.17) is 5.73 Å². The molecule has 0 atom stereocenters. The van der Waals surface area contributed by atoms with Gasteiger partial charge in [0.2, 0.25) is 0 Å². The summed E-state index contributed by atoms with van der Waals surface area (Å²) in [6.07, 6.45) is 6.01. The van der Waals surface area contributed by atoms with Crippen LogP contribution < -0.4 is 10.5 Å². The Morgan fingerprint density at radius 3 is 2.70 bits per heavy atom. The Hall–Kier alpha value is -0.960. The van der Waals surface area contributed by atoms with Gasteiger partial charge in [0.25, 0.3) is 10.2 Å². The molecule has 1 fully saturated rings. The molecule has 2 rings (SSSR count). The second-order valence-electron chi connectivity index (χ2n) is 5.10. The van der Waals surface area contributed by atoms with Crippen molar-refractivity contribution in [1.82, 2.24) is 18.8 Å². The van der Waals surface area contributed by atoms with Crippen LogP contribution in [-0.2, 0) is 16.8 Å². The standard InChI is InChI=1S/C12H23N5O2S/c13-11-12-3-9-17(10-4-12)20(18,19)15-6-2-8-16-7-1-5-14-16/h1,5,7,12,15H,2-4,6,8-11,13H2. The Labute approximate surface area is 120 Å². The number of rotatable bonds is 7. The summed E-state index contributed by atoms with van der Waals surface area (Å²) in [6, 6.07) is 1.85. The van der Waals surface area contributed by atoms with Gasteiger partial charge in [0.05, 0.1) is 0 Å². The second kappa shape index (κ2) is 7.16. The summed E-state index contributed by atoms with van der Waals surface area (Å²) in [5.41, 5.74) is 5.61. The Kier molecular flexibility index (Phi) is 5.53. The number of piperidine rings is 1. The van der Waals surface area contributed by atoms with Gasteiger partial charge in [-0.3, -0.25) is 4.68 Å². The largest absolute Gasteiger partial charge is 0.330 e. The van der Waals surface area contributed by atoms with Gasteiger partial charge in [0.15, 0.2) is 0 Å². The van der Waals surface area contributed by atoms with Gasteiger partial charge < -0.3 is 5.73 Å². The summed E-state index contributed by atoms with van der Waals surface area (Å²) in [4.78, 5) is 0. The summed E-state index contributed by atoms with van der Waals surface area (Å²) in [7, 11) is -3.34. The molecule has 8 heteroatoms. The predicted octanol–water partition coefficient (Wildman–Crippen LogP) is -0.222. The molecule has 1 aromatic heterocycles. The molecule has 2 heterocycles. The van der Waals surface area contributed by atoms with Crippen LogP contribution in [0.1, 0.15) is 19.3 Å². The third kappa shape index (κ3) is 4.27.